The summed E-state index contributed by atoms with van der Waals surface area (Å²) >= 11 is 0. The van der Waals surface area contributed by atoms with Crippen LogP contribution in [0.3, 0.4) is 0 Å². The van der Waals surface area contributed by atoms with Gasteiger partial charge in [0, 0.05) is 24.8 Å². The van der Waals surface area contributed by atoms with Gasteiger partial charge in [0.25, 0.3) is 5.91 Å². The summed E-state index contributed by atoms with van der Waals surface area (Å²) in [5, 5.41) is 2.93. The monoisotopic (exact) mass is 394 g/mol. The standard InChI is InChI=1S/C20H30N2O4S/c1-15-13-17-14-16(9-10-19(17)22(15)27(2,24)25)20(23)21-11-6-12-26-18-7-4-3-5-8-18/h9-10,14-15,18H,3-8,11-13H2,1-2H3,(H,21,23). The molecule has 0 spiro atoms. The van der Waals surface area contributed by atoms with Gasteiger partial charge in [0.05, 0.1) is 18.0 Å². The van der Waals surface area contributed by atoms with E-state index in [4.69, 9.17) is 4.74 Å². The van der Waals surface area contributed by atoms with Crippen molar-refractivity contribution in [3.05, 3.63) is 29.3 Å². The highest BCUT2D eigenvalue weighted by Crippen LogP contribution is 2.34. The SMILES string of the molecule is CC1Cc2cc(C(=O)NCCCOC3CCCCC3)ccc2N1S(C)(=O)=O. The van der Waals surface area contributed by atoms with E-state index < -0.39 is 10.0 Å². The first-order valence-corrected chi connectivity index (χ1v) is 11.7. The molecule has 150 valence electrons. The van der Waals surface area contributed by atoms with E-state index in [1.807, 2.05) is 13.0 Å². The summed E-state index contributed by atoms with van der Waals surface area (Å²) in [6.07, 6.45) is 9.18. The maximum absolute atomic E-state index is 12.4. The van der Waals surface area contributed by atoms with Crippen molar-refractivity contribution < 1.29 is 17.9 Å². The second kappa shape index (κ2) is 8.61. The van der Waals surface area contributed by atoms with Crippen LogP contribution in [0.25, 0.3) is 0 Å². The van der Waals surface area contributed by atoms with Crippen molar-refractivity contribution in [1.82, 2.24) is 5.32 Å². The summed E-state index contributed by atoms with van der Waals surface area (Å²) in [7, 11) is -3.31. The van der Waals surface area contributed by atoms with E-state index in [0.717, 1.165) is 24.8 Å². The van der Waals surface area contributed by atoms with E-state index >= 15 is 0 Å². The van der Waals surface area contributed by atoms with Crippen molar-refractivity contribution in [3.63, 3.8) is 0 Å². The zero-order valence-corrected chi connectivity index (χ0v) is 17.1. The summed E-state index contributed by atoms with van der Waals surface area (Å²) in [5.41, 5.74) is 2.16. The number of rotatable bonds is 7. The summed E-state index contributed by atoms with van der Waals surface area (Å²) < 4.78 is 31.3. The molecule has 1 saturated carbocycles. The fourth-order valence-electron chi connectivity index (χ4n) is 4.11. The molecule has 3 rings (SSSR count). The Balaban J connectivity index is 1.49. The normalized spacial score (nSPS) is 20.5. The average molecular weight is 395 g/mol. The maximum Gasteiger partial charge on any atom is 0.251 e. The third-order valence-corrected chi connectivity index (χ3v) is 6.64. The first kappa shape index (κ1) is 20.1. The molecule has 27 heavy (non-hydrogen) atoms. The molecule has 1 amide bonds. The van der Waals surface area contributed by atoms with Crippen LogP contribution in [-0.2, 0) is 21.2 Å². The minimum atomic E-state index is -3.31. The largest absolute Gasteiger partial charge is 0.378 e. The predicted octanol–water partition coefficient (Wildman–Crippen LogP) is 2.87. The summed E-state index contributed by atoms with van der Waals surface area (Å²) in [6.45, 7) is 3.14. The molecule has 1 N–H and O–H groups in total. The second-order valence-electron chi connectivity index (χ2n) is 7.70. The number of benzene rings is 1. The van der Waals surface area contributed by atoms with Gasteiger partial charge >= 0.3 is 0 Å². The number of sulfonamides is 1. The number of hydrogen-bond donors (Lipinski definition) is 1. The fraction of sp³-hybridized carbons (Fsp3) is 0.650. The van der Waals surface area contributed by atoms with Crippen LogP contribution < -0.4 is 9.62 Å². The molecule has 0 saturated heterocycles. The Bertz CT molecular complexity index is 772. The summed E-state index contributed by atoms with van der Waals surface area (Å²) in [4.78, 5) is 12.4. The smallest absolute Gasteiger partial charge is 0.251 e. The lowest BCUT2D eigenvalue weighted by atomic mass is 9.98. The lowest BCUT2D eigenvalue weighted by Gasteiger charge is -2.22. The zero-order chi connectivity index (χ0) is 19.4. The van der Waals surface area contributed by atoms with Gasteiger partial charge in [-0.25, -0.2) is 8.42 Å². The molecular weight excluding hydrogens is 364 g/mol. The van der Waals surface area contributed by atoms with Crippen molar-refractivity contribution in [2.45, 2.75) is 64.0 Å². The number of amides is 1. The number of nitrogens with zero attached hydrogens (tertiary/aromatic N) is 1. The number of ether oxygens (including phenoxy) is 1. The van der Waals surface area contributed by atoms with Crippen molar-refractivity contribution in [2.24, 2.45) is 0 Å². The number of nitrogens with one attached hydrogen (secondary N) is 1. The highest BCUT2D eigenvalue weighted by atomic mass is 32.2. The Kier molecular flexibility index (Phi) is 6.42. The van der Waals surface area contributed by atoms with Gasteiger partial charge in [-0.1, -0.05) is 19.3 Å². The van der Waals surface area contributed by atoms with Gasteiger partial charge < -0.3 is 10.1 Å². The van der Waals surface area contributed by atoms with Gasteiger partial charge in [0.15, 0.2) is 0 Å². The van der Waals surface area contributed by atoms with Gasteiger partial charge in [-0.3, -0.25) is 9.10 Å². The number of carbonyl (C=O) groups is 1. The molecule has 7 heteroatoms. The third kappa shape index (κ3) is 5.02. The lowest BCUT2D eigenvalue weighted by Crippen LogP contribution is -2.34. The number of carbonyl (C=O) groups excluding carboxylic acids is 1. The van der Waals surface area contributed by atoms with E-state index in [2.05, 4.69) is 5.32 Å². The van der Waals surface area contributed by atoms with Crippen molar-refractivity contribution in [3.8, 4) is 0 Å². The van der Waals surface area contributed by atoms with Gasteiger partial charge in [-0.15, -0.1) is 0 Å². The van der Waals surface area contributed by atoms with Crippen LogP contribution in [0, 0.1) is 0 Å². The van der Waals surface area contributed by atoms with Crippen molar-refractivity contribution in [2.75, 3.05) is 23.7 Å². The quantitative estimate of drug-likeness (QED) is 0.722. The van der Waals surface area contributed by atoms with E-state index in [-0.39, 0.29) is 11.9 Å². The van der Waals surface area contributed by atoms with Crippen molar-refractivity contribution >= 4 is 21.6 Å². The molecule has 1 fully saturated rings. The Hall–Kier alpha value is -1.60. The first-order chi connectivity index (χ1) is 12.9. The summed E-state index contributed by atoms with van der Waals surface area (Å²) in [5.74, 6) is -0.124. The van der Waals surface area contributed by atoms with Gasteiger partial charge in [0.2, 0.25) is 10.0 Å². The maximum atomic E-state index is 12.4. The molecule has 2 aliphatic rings. The molecule has 0 bridgehead atoms. The Morgan fingerprint density at radius 2 is 2.00 bits per heavy atom. The minimum Gasteiger partial charge on any atom is -0.378 e. The minimum absolute atomic E-state index is 0.120. The molecule has 1 heterocycles. The highest BCUT2D eigenvalue weighted by molar-refractivity contribution is 7.92. The molecule has 1 aliphatic carbocycles. The fourth-order valence-corrected chi connectivity index (χ4v) is 5.37. The van der Waals surface area contributed by atoms with E-state index in [9.17, 15) is 13.2 Å². The molecule has 1 aromatic carbocycles. The van der Waals surface area contributed by atoms with Gasteiger partial charge in [0.1, 0.15) is 0 Å². The molecular formula is C20H30N2O4S. The van der Waals surface area contributed by atoms with Crippen molar-refractivity contribution in [1.29, 1.82) is 0 Å². The zero-order valence-electron chi connectivity index (χ0n) is 16.2. The molecule has 6 nitrogen and oxygen atoms in total. The van der Waals surface area contributed by atoms with E-state index in [1.54, 1.807) is 12.1 Å². The predicted molar refractivity (Wildman–Crippen MR) is 107 cm³/mol. The Morgan fingerprint density at radius 1 is 1.26 bits per heavy atom. The topological polar surface area (TPSA) is 75.7 Å². The van der Waals surface area contributed by atoms with Gasteiger partial charge in [-0.05, 0) is 56.4 Å². The molecule has 1 unspecified atom stereocenters. The van der Waals surface area contributed by atoms with Crippen LogP contribution in [0.5, 0.6) is 0 Å². The Labute approximate surface area is 162 Å². The number of hydrogen-bond acceptors (Lipinski definition) is 4. The highest BCUT2D eigenvalue weighted by Gasteiger charge is 2.32. The average Bonchev–Trinajstić information content (AvgIpc) is 2.97. The van der Waals surface area contributed by atoms with E-state index in [0.29, 0.717) is 36.9 Å². The van der Waals surface area contributed by atoms with Crippen LogP contribution in [0.1, 0.15) is 61.4 Å². The second-order valence-corrected chi connectivity index (χ2v) is 9.56. The molecule has 1 aliphatic heterocycles. The number of fused-ring (bicyclic) bond motifs is 1. The number of anilines is 1. The van der Waals surface area contributed by atoms with Crippen LogP contribution >= 0.6 is 0 Å². The molecule has 0 aromatic heterocycles. The van der Waals surface area contributed by atoms with Crippen LogP contribution in [-0.4, -0.2) is 45.9 Å². The first-order valence-electron chi connectivity index (χ1n) is 9.88. The molecule has 1 aromatic rings. The van der Waals surface area contributed by atoms with Crippen LogP contribution in [0.2, 0.25) is 0 Å². The lowest BCUT2D eigenvalue weighted by molar-refractivity contribution is 0.0273. The van der Waals surface area contributed by atoms with Crippen LogP contribution in [0.4, 0.5) is 5.69 Å². The third-order valence-electron chi connectivity index (χ3n) is 5.36. The summed E-state index contributed by atoms with van der Waals surface area (Å²) in [6, 6.07) is 5.12. The Morgan fingerprint density at radius 3 is 2.70 bits per heavy atom. The molecule has 0 radical (unpaired) electrons. The van der Waals surface area contributed by atoms with Crippen LogP contribution in [0.15, 0.2) is 18.2 Å². The van der Waals surface area contributed by atoms with Gasteiger partial charge in [-0.2, -0.15) is 0 Å². The molecule has 1 atom stereocenters. The van der Waals surface area contributed by atoms with E-state index in [1.165, 1.54) is 29.8 Å².